The SMILES string of the molecule is CC=CCOc1ccc(C(=O)Oc2ccc3c(F)c(OCC(F)(F)F)ccc3c2)cc1. The third-order valence-electron chi connectivity index (χ3n) is 4.16. The fourth-order valence-corrected chi connectivity index (χ4v) is 2.68. The molecule has 0 aromatic heterocycles. The molecule has 31 heavy (non-hydrogen) atoms. The Morgan fingerprint density at radius 2 is 1.68 bits per heavy atom. The van der Waals surface area contributed by atoms with E-state index in [9.17, 15) is 22.4 Å². The Morgan fingerprint density at radius 3 is 2.35 bits per heavy atom. The van der Waals surface area contributed by atoms with Gasteiger partial charge in [-0.15, -0.1) is 0 Å². The second-order valence-corrected chi connectivity index (χ2v) is 6.46. The Bertz CT molecular complexity index is 1090. The van der Waals surface area contributed by atoms with Crippen LogP contribution in [0.25, 0.3) is 10.8 Å². The fourth-order valence-electron chi connectivity index (χ4n) is 2.68. The Kier molecular flexibility index (Phi) is 6.79. The monoisotopic (exact) mass is 434 g/mol. The van der Waals surface area contributed by atoms with Crippen LogP contribution < -0.4 is 14.2 Å². The first-order valence-electron chi connectivity index (χ1n) is 9.25. The van der Waals surface area contributed by atoms with E-state index in [1.165, 1.54) is 24.3 Å². The average Bonchev–Trinajstić information content (AvgIpc) is 2.73. The number of benzene rings is 3. The zero-order valence-electron chi connectivity index (χ0n) is 16.4. The van der Waals surface area contributed by atoms with Gasteiger partial charge in [0.15, 0.2) is 18.2 Å². The summed E-state index contributed by atoms with van der Waals surface area (Å²) in [5.74, 6) is -1.29. The number of rotatable bonds is 7. The number of hydrogen-bond acceptors (Lipinski definition) is 4. The molecular formula is C23H18F4O4. The van der Waals surface area contributed by atoms with Crippen LogP contribution in [0.4, 0.5) is 17.6 Å². The lowest BCUT2D eigenvalue weighted by molar-refractivity contribution is -0.153. The molecule has 0 amide bonds. The summed E-state index contributed by atoms with van der Waals surface area (Å²) in [6, 6.07) is 12.9. The van der Waals surface area contributed by atoms with Crippen LogP contribution >= 0.6 is 0 Å². The Balaban J connectivity index is 1.71. The molecule has 162 valence electrons. The van der Waals surface area contributed by atoms with E-state index in [1.54, 1.807) is 24.3 Å². The standard InChI is InChI=1S/C23H18F4O4/c1-2-3-12-29-17-7-4-15(5-8-17)22(28)31-18-9-10-19-16(13-18)6-11-20(21(19)24)30-14-23(25,26)27/h2-11,13H,12,14H2,1H3. The first-order chi connectivity index (χ1) is 14.8. The van der Waals surface area contributed by atoms with E-state index in [-0.39, 0.29) is 11.1 Å². The number of hydrogen-bond donors (Lipinski definition) is 0. The van der Waals surface area contributed by atoms with Gasteiger partial charge < -0.3 is 14.2 Å². The number of carbonyl (C=O) groups excluding carboxylic acids is 1. The van der Waals surface area contributed by atoms with Crippen molar-refractivity contribution in [3.05, 3.63) is 78.1 Å². The summed E-state index contributed by atoms with van der Waals surface area (Å²) in [4.78, 5) is 12.3. The molecule has 0 saturated carbocycles. The summed E-state index contributed by atoms with van der Waals surface area (Å²) in [6.45, 7) is 0.700. The average molecular weight is 434 g/mol. The summed E-state index contributed by atoms with van der Waals surface area (Å²) in [7, 11) is 0. The lowest BCUT2D eigenvalue weighted by Gasteiger charge is -2.12. The molecule has 4 nitrogen and oxygen atoms in total. The zero-order valence-corrected chi connectivity index (χ0v) is 16.4. The van der Waals surface area contributed by atoms with Crippen LogP contribution in [0.15, 0.2) is 66.7 Å². The Morgan fingerprint density at radius 1 is 0.968 bits per heavy atom. The maximum Gasteiger partial charge on any atom is 0.422 e. The second-order valence-electron chi connectivity index (χ2n) is 6.46. The van der Waals surface area contributed by atoms with Gasteiger partial charge >= 0.3 is 12.1 Å². The summed E-state index contributed by atoms with van der Waals surface area (Å²) < 4.78 is 66.6. The van der Waals surface area contributed by atoms with Gasteiger partial charge in [-0.2, -0.15) is 13.2 Å². The highest BCUT2D eigenvalue weighted by atomic mass is 19.4. The van der Waals surface area contributed by atoms with Gasteiger partial charge in [-0.3, -0.25) is 0 Å². The lowest BCUT2D eigenvalue weighted by atomic mass is 10.1. The highest BCUT2D eigenvalue weighted by Gasteiger charge is 2.29. The van der Waals surface area contributed by atoms with E-state index in [1.807, 2.05) is 19.1 Å². The van der Waals surface area contributed by atoms with E-state index in [0.29, 0.717) is 23.3 Å². The van der Waals surface area contributed by atoms with E-state index >= 15 is 0 Å². The predicted molar refractivity (Wildman–Crippen MR) is 107 cm³/mol. The summed E-state index contributed by atoms with van der Waals surface area (Å²) in [5.41, 5.74) is 0.292. The molecule has 3 aromatic carbocycles. The molecular weight excluding hydrogens is 416 g/mol. The Labute approximate surface area is 175 Å². The number of esters is 1. The van der Waals surface area contributed by atoms with Crippen molar-refractivity contribution in [3.63, 3.8) is 0 Å². The van der Waals surface area contributed by atoms with Crippen LogP contribution in [-0.2, 0) is 0 Å². The minimum Gasteiger partial charge on any atom is -0.490 e. The van der Waals surface area contributed by atoms with Crippen LogP contribution in [-0.4, -0.2) is 25.4 Å². The van der Waals surface area contributed by atoms with Crippen molar-refractivity contribution in [2.75, 3.05) is 13.2 Å². The Hall–Kier alpha value is -3.55. The maximum atomic E-state index is 14.4. The normalized spacial score (nSPS) is 11.6. The molecule has 0 radical (unpaired) electrons. The maximum absolute atomic E-state index is 14.4. The van der Waals surface area contributed by atoms with Crippen LogP contribution in [0.2, 0.25) is 0 Å². The molecule has 8 heteroatoms. The number of alkyl halides is 3. The molecule has 0 fully saturated rings. The van der Waals surface area contributed by atoms with Crippen molar-refractivity contribution in [2.45, 2.75) is 13.1 Å². The van der Waals surface area contributed by atoms with Gasteiger partial charge in [0, 0.05) is 5.39 Å². The molecule has 0 unspecified atom stereocenters. The highest BCUT2D eigenvalue weighted by Crippen LogP contribution is 2.30. The van der Waals surface area contributed by atoms with Crippen molar-refractivity contribution in [1.29, 1.82) is 0 Å². The third kappa shape index (κ3) is 5.97. The van der Waals surface area contributed by atoms with Crippen molar-refractivity contribution in [2.24, 2.45) is 0 Å². The molecule has 0 heterocycles. The van der Waals surface area contributed by atoms with Gasteiger partial charge in [0.25, 0.3) is 0 Å². The largest absolute Gasteiger partial charge is 0.490 e. The number of halogens is 4. The number of allylic oxidation sites excluding steroid dienone is 1. The van der Waals surface area contributed by atoms with Crippen molar-refractivity contribution >= 4 is 16.7 Å². The molecule has 0 bridgehead atoms. The van der Waals surface area contributed by atoms with Gasteiger partial charge in [0.2, 0.25) is 0 Å². The van der Waals surface area contributed by atoms with Crippen molar-refractivity contribution in [3.8, 4) is 17.2 Å². The molecule has 3 rings (SSSR count). The van der Waals surface area contributed by atoms with E-state index < -0.39 is 30.3 Å². The van der Waals surface area contributed by atoms with Gasteiger partial charge in [-0.05, 0) is 60.8 Å². The van der Waals surface area contributed by atoms with Crippen LogP contribution in [0.5, 0.6) is 17.2 Å². The van der Waals surface area contributed by atoms with Crippen LogP contribution in [0.1, 0.15) is 17.3 Å². The molecule has 0 saturated heterocycles. The van der Waals surface area contributed by atoms with E-state index in [4.69, 9.17) is 9.47 Å². The smallest absolute Gasteiger partial charge is 0.422 e. The summed E-state index contributed by atoms with van der Waals surface area (Å²) in [5, 5.41) is 0.386. The van der Waals surface area contributed by atoms with Gasteiger partial charge in [-0.1, -0.05) is 18.2 Å². The number of carbonyl (C=O) groups is 1. The molecule has 0 aliphatic carbocycles. The van der Waals surface area contributed by atoms with Gasteiger partial charge in [0.1, 0.15) is 18.1 Å². The molecule has 0 atom stereocenters. The number of fused-ring (bicyclic) bond motifs is 1. The number of ether oxygens (including phenoxy) is 3. The van der Waals surface area contributed by atoms with Crippen LogP contribution in [0, 0.1) is 5.82 Å². The first kappa shape index (κ1) is 22.1. The first-order valence-corrected chi connectivity index (χ1v) is 9.25. The fraction of sp³-hybridized carbons (Fsp3) is 0.174. The molecule has 0 aliphatic heterocycles. The quantitative estimate of drug-likeness (QED) is 0.195. The second kappa shape index (κ2) is 9.51. The van der Waals surface area contributed by atoms with Crippen LogP contribution in [0.3, 0.4) is 0 Å². The van der Waals surface area contributed by atoms with E-state index in [2.05, 4.69) is 4.74 Å². The predicted octanol–water partition coefficient (Wildman–Crippen LogP) is 6.09. The molecule has 0 spiro atoms. The zero-order chi connectivity index (χ0) is 22.4. The molecule has 3 aromatic rings. The lowest BCUT2D eigenvalue weighted by Crippen LogP contribution is -2.19. The van der Waals surface area contributed by atoms with E-state index in [0.717, 1.165) is 6.07 Å². The van der Waals surface area contributed by atoms with Crippen molar-refractivity contribution < 1.29 is 36.6 Å². The topological polar surface area (TPSA) is 44.8 Å². The summed E-state index contributed by atoms with van der Waals surface area (Å²) in [6.07, 6.45) is -0.871. The van der Waals surface area contributed by atoms with Crippen molar-refractivity contribution in [1.82, 2.24) is 0 Å². The highest BCUT2D eigenvalue weighted by molar-refractivity contribution is 5.92. The molecule has 0 N–H and O–H groups in total. The minimum atomic E-state index is -4.57. The van der Waals surface area contributed by atoms with Gasteiger partial charge in [0.05, 0.1) is 5.56 Å². The molecule has 0 aliphatic rings. The third-order valence-corrected chi connectivity index (χ3v) is 4.16. The summed E-state index contributed by atoms with van der Waals surface area (Å²) >= 11 is 0. The van der Waals surface area contributed by atoms with Gasteiger partial charge in [-0.25, -0.2) is 9.18 Å². The minimum absolute atomic E-state index is 0.0436.